The van der Waals surface area contributed by atoms with Gasteiger partial charge in [0.1, 0.15) is 0 Å². The van der Waals surface area contributed by atoms with E-state index in [9.17, 15) is 4.79 Å². The Kier molecular flexibility index (Phi) is 4.27. The molecule has 0 N–H and O–H groups in total. The number of amides is 1. The third-order valence-corrected chi connectivity index (χ3v) is 5.11. The van der Waals surface area contributed by atoms with Crippen LogP contribution in [0.1, 0.15) is 22.8 Å². The summed E-state index contributed by atoms with van der Waals surface area (Å²) in [5.74, 6) is -0.200. The zero-order valence-corrected chi connectivity index (χ0v) is 14.7. The van der Waals surface area contributed by atoms with E-state index in [1.54, 1.807) is 6.07 Å². The molecular weight excluding hydrogens is 360 g/mol. The van der Waals surface area contributed by atoms with E-state index in [-0.39, 0.29) is 5.91 Å². The van der Waals surface area contributed by atoms with Gasteiger partial charge in [0.2, 0.25) is 0 Å². The molecule has 2 aromatic carbocycles. The van der Waals surface area contributed by atoms with E-state index >= 15 is 0 Å². The molecule has 0 radical (unpaired) electrons. The second-order valence-electron chi connectivity index (χ2n) is 5.00. The molecule has 0 bridgehead atoms. The number of carbonyl (C=O) groups is 1. The first kappa shape index (κ1) is 15.2. The van der Waals surface area contributed by atoms with Crippen molar-refractivity contribution in [3.8, 4) is 0 Å². The van der Waals surface area contributed by atoms with Gasteiger partial charge in [0.15, 0.2) is 4.80 Å². The minimum absolute atomic E-state index is 0.200. The van der Waals surface area contributed by atoms with Crippen LogP contribution in [0.25, 0.3) is 10.2 Å². The van der Waals surface area contributed by atoms with Crippen LogP contribution >= 0.6 is 27.3 Å². The van der Waals surface area contributed by atoms with Gasteiger partial charge in [0.25, 0.3) is 5.91 Å². The van der Waals surface area contributed by atoms with Crippen LogP contribution in [0.3, 0.4) is 0 Å². The zero-order valence-electron chi connectivity index (χ0n) is 12.3. The average molecular weight is 375 g/mol. The lowest BCUT2D eigenvalue weighted by atomic mass is 10.1. The molecular formula is C17H15BrN2OS. The van der Waals surface area contributed by atoms with Gasteiger partial charge >= 0.3 is 0 Å². The van der Waals surface area contributed by atoms with Crippen LogP contribution in [0.2, 0.25) is 0 Å². The van der Waals surface area contributed by atoms with Gasteiger partial charge in [-0.1, -0.05) is 35.1 Å². The van der Waals surface area contributed by atoms with E-state index in [0.29, 0.717) is 5.56 Å². The molecule has 1 aromatic heterocycles. The van der Waals surface area contributed by atoms with Crippen LogP contribution in [0.15, 0.2) is 51.9 Å². The van der Waals surface area contributed by atoms with Crippen LogP contribution in [-0.4, -0.2) is 10.5 Å². The molecule has 3 nitrogen and oxygen atoms in total. The first-order chi connectivity index (χ1) is 10.6. The topological polar surface area (TPSA) is 34.4 Å². The van der Waals surface area contributed by atoms with Crippen LogP contribution in [-0.2, 0) is 6.54 Å². The van der Waals surface area contributed by atoms with Crippen molar-refractivity contribution in [2.75, 3.05) is 0 Å². The fourth-order valence-electron chi connectivity index (χ4n) is 2.40. The number of para-hydroxylation sites is 1. The highest BCUT2D eigenvalue weighted by Crippen LogP contribution is 2.25. The van der Waals surface area contributed by atoms with Crippen molar-refractivity contribution < 1.29 is 4.79 Å². The Morgan fingerprint density at radius 2 is 2.05 bits per heavy atom. The van der Waals surface area contributed by atoms with Gasteiger partial charge in [-0.05, 0) is 54.0 Å². The molecule has 0 saturated heterocycles. The van der Waals surface area contributed by atoms with Crippen molar-refractivity contribution in [1.29, 1.82) is 0 Å². The molecule has 0 fully saturated rings. The van der Waals surface area contributed by atoms with Gasteiger partial charge in [-0.2, -0.15) is 4.99 Å². The molecule has 0 unspecified atom stereocenters. The summed E-state index contributed by atoms with van der Waals surface area (Å²) in [4.78, 5) is 17.5. The largest absolute Gasteiger partial charge is 0.316 e. The van der Waals surface area contributed by atoms with E-state index in [0.717, 1.165) is 31.6 Å². The van der Waals surface area contributed by atoms with Gasteiger partial charge in [-0.25, -0.2) is 0 Å². The number of benzene rings is 2. The van der Waals surface area contributed by atoms with Gasteiger partial charge in [0, 0.05) is 16.6 Å². The number of fused-ring (bicyclic) bond motifs is 1. The summed E-state index contributed by atoms with van der Waals surface area (Å²) in [5, 5.41) is 0. The summed E-state index contributed by atoms with van der Waals surface area (Å²) in [6.07, 6.45) is 0. The quantitative estimate of drug-likeness (QED) is 0.648. The average Bonchev–Trinajstić information content (AvgIpc) is 2.85. The Labute approximate surface area is 141 Å². The minimum Gasteiger partial charge on any atom is -0.316 e. The highest BCUT2D eigenvalue weighted by Gasteiger charge is 2.10. The Bertz CT molecular complexity index is 924. The van der Waals surface area contributed by atoms with Crippen LogP contribution < -0.4 is 4.80 Å². The van der Waals surface area contributed by atoms with Gasteiger partial charge in [-0.15, -0.1) is 0 Å². The molecule has 0 aliphatic rings. The fraction of sp³-hybridized carbons (Fsp3) is 0.176. The van der Waals surface area contributed by atoms with E-state index < -0.39 is 0 Å². The molecule has 0 aliphatic heterocycles. The minimum atomic E-state index is -0.200. The molecule has 0 spiro atoms. The van der Waals surface area contributed by atoms with E-state index in [4.69, 9.17) is 0 Å². The molecule has 3 rings (SSSR count). The van der Waals surface area contributed by atoms with Crippen molar-refractivity contribution in [3.63, 3.8) is 0 Å². The maximum Gasteiger partial charge on any atom is 0.279 e. The summed E-state index contributed by atoms with van der Waals surface area (Å²) in [6.45, 7) is 4.80. The monoisotopic (exact) mass is 374 g/mol. The van der Waals surface area contributed by atoms with Crippen molar-refractivity contribution in [2.24, 2.45) is 4.99 Å². The lowest BCUT2D eigenvalue weighted by Crippen LogP contribution is -2.16. The molecule has 22 heavy (non-hydrogen) atoms. The first-order valence-electron chi connectivity index (χ1n) is 7.03. The predicted molar refractivity (Wildman–Crippen MR) is 94.3 cm³/mol. The number of aromatic nitrogens is 1. The van der Waals surface area contributed by atoms with Crippen molar-refractivity contribution in [2.45, 2.75) is 20.4 Å². The first-order valence-corrected chi connectivity index (χ1v) is 8.64. The Morgan fingerprint density at radius 3 is 2.77 bits per heavy atom. The third kappa shape index (κ3) is 2.78. The number of hydrogen-bond acceptors (Lipinski definition) is 2. The molecule has 1 heterocycles. The Morgan fingerprint density at radius 1 is 1.27 bits per heavy atom. The maximum absolute atomic E-state index is 12.4. The Hall–Kier alpha value is -1.72. The second-order valence-corrected chi connectivity index (χ2v) is 6.87. The van der Waals surface area contributed by atoms with Crippen molar-refractivity contribution in [1.82, 2.24) is 4.57 Å². The molecule has 0 atom stereocenters. The number of nitrogens with zero attached hydrogens (tertiary/aromatic N) is 2. The molecule has 112 valence electrons. The van der Waals surface area contributed by atoms with Gasteiger partial charge < -0.3 is 4.57 Å². The summed E-state index contributed by atoms with van der Waals surface area (Å²) >= 11 is 5.12. The lowest BCUT2D eigenvalue weighted by molar-refractivity contribution is 0.0998. The summed E-state index contributed by atoms with van der Waals surface area (Å²) < 4.78 is 4.21. The Balaban J connectivity index is 2.17. The molecule has 0 aliphatic carbocycles. The van der Waals surface area contributed by atoms with Crippen LogP contribution in [0, 0.1) is 6.92 Å². The number of aryl methyl sites for hydroxylation is 2. The van der Waals surface area contributed by atoms with Gasteiger partial charge in [-0.3, -0.25) is 4.79 Å². The summed E-state index contributed by atoms with van der Waals surface area (Å²) in [6, 6.07) is 13.6. The standard InChI is InChI=1S/C17H15BrN2OS/c1-3-20-15-13(18)8-5-9-14(15)22-17(20)19-16(21)12-7-4-6-11(2)10-12/h4-10H,3H2,1-2H3. The fourth-order valence-corrected chi connectivity index (χ4v) is 4.23. The van der Waals surface area contributed by atoms with E-state index in [1.807, 2.05) is 43.3 Å². The van der Waals surface area contributed by atoms with Crippen molar-refractivity contribution >= 4 is 43.4 Å². The highest BCUT2D eigenvalue weighted by molar-refractivity contribution is 9.10. The normalized spacial score (nSPS) is 12.0. The SMILES string of the molecule is CCn1c(=NC(=O)c2cccc(C)c2)sc2cccc(Br)c21. The molecule has 0 saturated carbocycles. The highest BCUT2D eigenvalue weighted by atomic mass is 79.9. The number of thiazole rings is 1. The number of hydrogen-bond donors (Lipinski definition) is 0. The lowest BCUT2D eigenvalue weighted by Gasteiger charge is -2.02. The summed E-state index contributed by atoms with van der Waals surface area (Å²) in [7, 11) is 0. The van der Waals surface area contributed by atoms with Crippen LogP contribution in [0.5, 0.6) is 0 Å². The molecule has 1 amide bonds. The van der Waals surface area contributed by atoms with E-state index in [2.05, 4.69) is 32.4 Å². The molecule has 3 aromatic rings. The predicted octanol–water partition coefficient (Wildman–Crippen LogP) is 4.53. The third-order valence-electron chi connectivity index (χ3n) is 3.43. The van der Waals surface area contributed by atoms with Crippen molar-refractivity contribution in [3.05, 3.63) is 62.9 Å². The number of carbonyl (C=O) groups excluding carboxylic acids is 1. The number of halogens is 1. The number of rotatable bonds is 2. The smallest absolute Gasteiger partial charge is 0.279 e. The van der Waals surface area contributed by atoms with E-state index in [1.165, 1.54) is 11.3 Å². The maximum atomic E-state index is 12.4. The second kappa shape index (κ2) is 6.18. The zero-order chi connectivity index (χ0) is 15.7. The summed E-state index contributed by atoms with van der Waals surface area (Å²) in [5.41, 5.74) is 2.77. The molecule has 5 heteroatoms. The van der Waals surface area contributed by atoms with Crippen LogP contribution in [0.4, 0.5) is 0 Å². The van der Waals surface area contributed by atoms with Gasteiger partial charge in [0.05, 0.1) is 10.2 Å².